The predicted octanol–water partition coefficient (Wildman–Crippen LogP) is 3.76. The molecule has 0 spiro atoms. The molecule has 0 aliphatic rings. The van der Waals surface area contributed by atoms with Crippen LogP contribution < -0.4 is 5.73 Å². The third-order valence-electron chi connectivity index (χ3n) is 3.55. The number of nitrogens with two attached hydrogens (primary N) is 1. The van der Waals surface area contributed by atoms with Crippen LogP contribution in [0.25, 0.3) is 11.1 Å². The van der Waals surface area contributed by atoms with E-state index in [1.54, 1.807) is 0 Å². The first-order chi connectivity index (χ1) is 10.1. The van der Waals surface area contributed by atoms with Crippen molar-refractivity contribution in [2.45, 2.75) is 32.6 Å². The molecule has 0 radical (unpaired) electrons. The molecule has 0 amide bonds. The van der Waals surface area contributed by atoms with Gasteiger partial charge in [-0.2, -0.15) is 0 Å². The zero-order valence-corrected chi connectivity index (χ0v) is 12.2. The number of hydrogen-bond donors (Lipinski definition) is 2. The first kappa shape index (κ1) is 15.0. The molecular weight excluding hydrogens is 264 g/mol. The lowest BCUT2D eigenvalue weighted by molar-refractivity contribution is 0.0697. The third kappa shape index (κ3) is 3.40. The molecule has 0 aliphatic carbocycles. The summed E-state index contributed by atoms with van der Waals surface area (Å²) in [7, 11) is 0. The van der Waals surface area contributed by atoms with E-state index in [0.717, 1.165) is 36.8 Å². The normalized spacial score (nSPS) is 10.5. The largest absolute Gasteiger partial charge is 0.478 e. The van der Waals surface area contributed by atoms with E-state index in [0.29, 0.717) is 5.56 Å². The lowest BCUT2D eigenvalue weighted by Gasteiger charge is -2.13. The van der Waals surface area contributed by atoms with E-state index in [-0.39, 0.29) is 11.4 Å². The summed E-state index contributed by atoms with van der Waals surface area (Å²) in [6.07, 6.45) is 5.73. The molecule has 2 rings (SSSR count). The standard InChI is InChI=1S/C17H20N2O2/c1-2-3-4-7-12-8-5-6-9-13(12)15-14(17(20)21)10-11-19-16(15)18/h5-6,8-11H,2-4,7H2,1H3,(H2,18,19)(H,20,21). The smallest absolute Gasteiger partial charge is 0.336 e. The highest BCUT2D eigenvalue weighted by molar-refractivity contribution is 5.99. The first-order valence-electron chi connectivity index (χ1n) is 7.21. The molecule has 1 aromatic heterocycles. The fourth-order valence-corrected chi connectivity index (χ4v) is 2.49. The summed E-state index contributed by atoms with van der Waals surface area (Å²) < 4.78 is 0. The molecule has 1 heterocycles. The van der Waals surface area contributed by atoms with E-state index >= 15 is 0 Å². The lowest BCUT2D eigenvalue weighted by atomic mass is 9.93. The van der Waals surface area contributed by atoms with Crippen LogP contribution in [0.15, 0.2) is 36.5 Å². The quantitative estimate of drug-likeness (QED) is 0.792. The summed E-state index contributed by atoms with van der Waals surface area (Å²) in [5.74, 6) is -0.722. The highest BCUT2D eigenvalue weighted by Crippen LogP contribution is 2.32. The molecule has 0 aliphatic heterocycles. The second-order valence-electron chi connectivity index (χ2n) is 5.04. The summed E-state index contributed by atoms with van der Waals surface area (Å²) in [6, 6.07) is 9.31. The van der Waals surface area contributed by atoms with E-state index in [1.807, 2.05) is 24.3 Å². The molecular formula is C17H20N2O2. The van der Waals surface area contributed by atoms with Crippen molar-refractivity contribution in [3.63, 3.8) is 0 Å². The summed E-state index contributed by atoms with van der Waals surface area (Å²) in [6.45, 7) is 2.16. The number of nitrogens with zero attached hydrogens (tertiary/aromatic N) is 1. The number of rotatable bonds is 6. The van der Waals surface area contributed by atoms with Gasteiger partial charge in [0.25, 0.3) is 0 Å². The zero-order valence-electron chi connectivity index (χ0n) is 12.2. The predicted molar refractivity (Wildman–Crippen MR) is 84.3 cm³/mol. The molecule has 0 atom stereocenters. The Morgan fingerprint density at radius 1 is 1.24 bits per heavy atom. The summed E-state index contributed by atoms with van der Waals surface area (Å²) >= 11 is 0. The molecule has 21 heavy (non-hydrogen) atoms. The van der Waals surface area contributed by atoms with Crippen molar-refractivity contribution < 1.29 is 9.90 Å². The number of carbonyl (C=O) groups is 1. The average Bonchev–Trinajstić information content (AvgIpc) is 2.48. The van der Waals surface area contributed by atoms with Gasteiger partial charge in [0.05, 0.1) is 5.56 Å². The van der Waals surface area contributed by atoms with Gasteiger partial charge in [0.1, 0.15) is 5.82 Å². The van der Waals surface area contributed by atoms with Gasteiger partial charge in [-0.1, -0.05) is 44.0 Å². The summed E-state index contributed by atoms with van der Waals surface area (Å²) in [4.78, 5) is 15.5. The summed E-state index contributed by atoms with van der Waals surface area (Å²) in [5, 5.41) is 9.37. The minimum absolute atomic E-state index is 0.199. The number of pyridine rings is 1. The van der Waals surface area contributed by atoms with Crippen LogP contribution in [0.1, 0.15) is 42.1 Å². The Morgan fingerprint density at radius 2 is 2.00 bits per heavy atom. The topological polar surface area (TPSA) is 76.2 Å². The Morgan fingerprint density at radius 3 is 2.71 bits per heavy atom. The average molecular weight is 284 g/mol. The van der Waals surface area contributed by atoms with Gasteiger partial charge in [-0.15, -0.1) is 0 Å². The molecule has 0 bridgehead atoms. The number of carboxylic acids is 1. The molecule has 4 heteroatoms. The number of aromatic nitrogens is 1. The van der Waals surface area contributed by atoms with Gasteiger partial charge in [-0.25, -0.2) is 9.78 Å². The molecule has 0 fully saturated rings. The van der Waals surface area contributed by atoms with Crippen molar-refractivity contribution in [2.24, 2.45) is 0 Å². The summed E-state index contributed by atoms with van der Waals surface area (Å²) in [5.41, 5.74) is 8.66. The Labute approximate surface area is 124 Å². The first-order valence-corrected chi connectivity index (χ1v) is 7.21. The number of nitrogen functional groups attached to an aromatic ring is 1. The van der Waals surface area contributed by atoms with Crippen molar-refractivity contribution >= 4 is 11.8 Å². The second kappa shape index (κ2) is 6.88. The maximum Gasteiger partial charge on any atom is 0.336 e. The molecule has 3 N–H and O–H groups in total. The van der Waals surface area contributed by atoms with Crippen molar-refractivity contribution in [3.8, 4) is 11.1 Å². The SMILES string of the molecule is CCCCCc1ccccc1-c1c(C(=O)O)ccnc1N. The minimum atomic E-state index is -0.984. The third-order valence-corrected chi connectivity index (χ3v) is 3.55. The van der Waals surface area contributed by atoms with Crippen LogP contribution >= 0.6 is 0 Å². The van der Waals surface area contributed by atoms with E-state index in [4.69, 9.17) is 5.73 Å². The molecule has 0 unspecified atom stereocenters. The minimum Gasteiger partial charge on any atom is -0.478 e. The van der Waals surface area contributed by atoms with Gasteiger partial charge in [-0.05, 0) is 30.0 Å². The van der Waals surface area contributed by atoms with Crippen molar-refractivity contribution in [3.05, 3.63) is 47.7 Å². The highest BCUT2D eigenvalue weighted by Gasteiger charge is 2.17. The molecule has 0 saturated heterocycles. The number of carboxylic acid groups (broad SMARTS) is 1. The van der Waals surface area contributed by atoms with Gasteiger partial charge in [0.2, 0.25) is 0 Å². The van der Waals surface area contributed by atoms with Crippen LogP contribution in [0.2, 0.25) is 0 Å². The van der Waals surface area contributed by atoms with E-state index in [2.05, 4.69) is 11.9 Å². The lowest BCUT2D eigenvalue weighted by Crippen LogP contribution is -2.05. The van der Waals surface area contributed by atoms with Gasteiger partial charge in [0.15, 0.2) is 0 Å². The van der Waals surface area contributed by atoms with E-state index < -0.39 is 5.97 Å². The van der Waals surface area contributed by atoms with Gasteiger partial charge in [0, 0.05) is 11.8 Å². The van der Waals surface area contributed by atoms with E-state index in [9.17, 15) is 9.90 Å². The fraction of sp³-hybridized carbons (Fsp3) is 0.294. The van der Waals surface area contributed by atoms with Crippen LogP contribution in [0.4, 0.5) is 5.82 Å². The Hall–Kier alpha value is -2.36. The van der Waals surface area contributed by atoms with Gasteiger partial charge >= 0.3 is 5.97 Å². The molecule has 1 aromatic carbocycles. The number of unbranched alkanes of at least 4 members (excludes halogenated alkanes) is 2. The van der Waals surface area contributed by atoms with Crippen LogP contribution in [-0.2, 0) is 6.42 Å². The molecule has 0 saturated carbocycles. The van der Waals surface area contributed by atoms with Crippen LogP contribution in [0.3, 0.4) is 0 Å². The van der Waals surface area contributed by atoms with Crippen LogP contribution in [0.5, 0.6) is 0 Å². The highest BCUT2D eigenvalue weighted by atomic mass is 16.4. The number of anilines is 1. The number of aromatic carboxylic acids is 1. The Bertz CT molecular complexity index is 638. The fourth-order valence-electron chi connectivity index (χ4n) is 2.49. The Balaban J connectivity index is 2.49. The molecule has 110 valence electrons. The number of benzene rings is 1. The van der Waals surface area contributed by atoms with Gasteiger partial charge < -0.3 is 10.8 Å². The molecule has 4 nitrogen and oxygen atoms in total. The van der Waals surface area contributed by atoms with Crippen molar-refractivity contribution in [1.29, 1.82) is 0 Å². The number of aryl methyl sites for hydroxylation is 1. The van der Waals surface area contributed by atoms with Crippen LogP contribution in [-0.4, -0.2) is 16.1 Å². The van der Waals surface area contributed by atoms with Crippen LogP contribution in [0, 0.1) is 0 Å². The zero-order chi connectivity index (χ0) is 15.2. The van der Waals surface area contributed by atoms with Crippen molar-refractivity contribution in [1.82, 2.24) is 4.98 Å². The Kier molecular flexibility index (Phi) is 4.93. The van der Waals surface area contributed by atoms with Gasteiger partial charge in [-0.3, -0.25) is 0 Å². The number of hydrogen-bond acceptors (Lipinski definition) is 3. The monoisotopic (exact) mass is 284 g/mol. The van der Waals surface area contributed by atoms with Crippen molar-refractivity contribution in [2.75, 3.05) is 5.73 Å². The van der Waals surface area contributed by atoms with E-state index in [1.165, 1.54) is 12.3 Å². The maximum absolute atomic E-state index is 11.4. The second-order valence-corrected chi connectivity index (χ2v) is 5.04. The maximum atomic E-state index is 11.4. The molecule has 2 aromatic rings.